The Morgan fingerprint density at radius 3 is 2.63 bits per heavy atom. The van der Waals surface area contributed by atoms with Gasteiger partial charge >= 0.3 is 0 Å². The topological polar surface area (TPSA) is 66.6 Å². The molecule has 1 unspecified atom stereocenters. The van der Waals surface area contributed by atoms with Gasteiger partial charge in [0, 0.05) is 32.3 Å². The Morgan fingerprint density at radius 1 is 1.07 bits per heavy atom. The van der Waals surface area contributed by atoms with Crippen LogP contribution < -0.4 is 10.6 Å². The van der Waals surface area contributed by atoms with E-state index in [1.54, 1.807) is 7.05 Å². The number of hydrogen-bond donors (Lipinski definition) is 2. The first-order chi connectivity index (χ1) is 12.8. The van der Waals surface area contributed by atoms with E-state index in [9.17, 15) is 0 Å². The highest BCUT2D eigenvalue weighted by atomic mass is 127. The maximum atomic E-state index is 4.32. The summed E-state index contributed by atoms with van der Waals surface area (Å²) in [5.74, 6) is 1.76. The molecule has 2 aromatic heterocycles. The fraction of sp³-hybridized carbons (Fsp3) is 0.350. The highest BCUT2D eigenvalue weighted by Gasteiger charge is 2.07. The molecule has 7 heteroatoms. The molecular weight excluding hydrogens is 451 g/mol. The van der Waals surface area contributed by atoms with Crippen molar-refractivity contribution >= 4 is 35.6 Å². The number of aliphatic imine (C=N–C) groups is 1. The minimum absolute atomic E-state index is 0. The van der Waals surface area contributed by atoms with Crippen molar-refractivity contribution in [2.24, 2.45) is 4.99 Å². The van der Waals surface area contributed by atoms with Gasteiger partial charge in [-0.2, -0.15) is 0 Å². The van der Waals surface area contributed by atoms with E-state index >= 15 is 0 Å². The van der Waals surface area contributed by atoms with E-state index in [1.807, 2.05) is 28.8 Å². The highest BCUT2D eigenvalue weighted by Crippen LogP contribution is 2.05. The molecule has 1 aromatic carbocycles. The minimum Gasteiger partial charge on any atom is -0.356 e. The lowest BCUT2D eigenvalue weighted by molar-refractivity contribution is 0.592. The SMILES string of the molecule is CN=C(NCCc1nnc2ccccn12)NC(C)CCc1ccccc1.I. The summed E-state index contributed by atoms with van der Waals surface area (Å²) in [4.78, 5) is 4.32. The third-order valence-corrected chi connectivity index (χ3v) is 4.34. The first kappa shape index (κ1) is 21.1. The van der Waals surface area contributed by atoms with E-state index in [0.717, 1.165) is 43.2 Å². The second kappa shape index (κ2) is 10.9. The van der Waals surface area contributed by atoms with Crippen LogP contribution in [0.2, 0.25) is 0 Å². The summed E-state index contributed by atoms with van der Waals surface area (Å²) >= 11 is 0. The van der Waals surface area contributed by atoms with Crippen LogP contribution in [-0.2, 0) is 12.8 Å². The standard InChI is InChI=1S/C20H26N6.HI/c1-16(11-12-17-8-4-3-5-9-17)23-20(21-2)22-14-13-19-25-24-18-10-6-7-15-26(18)19;/h3-10,15-16H,11-14H2,1-2H3,(H2,21,22,23);1H. The fourth-order valence-corrected chi connectivity index (χ4v) is 2.88. The molecule has 0 radical (unpaired) electrons. The summed E-state index contributed by atoms with van der Waals surface area (Å²) in [6.07, 6.45) is 4.88. The van der Waals surface area contributed by atoms with Crippen molar-refractivity contribution in [3.63, 3.8) is 0 Å². The summed E-state index contributed by atoms with van der Waals surface area (Å²) in [7, 11) is 1.80. The number of fused-ring (bicyclic) bond motifs is 1. The van der Waals surface area contributed by atoms with E-state index < -0.39 is 0 Å². The molecule has 6 nitrogen and oxygen atoms in total. The number of aromatic nitrogens is 3. The van der Waals surface area contributed by atoms with Gasteiger partial charge in [-0.15, -0.1) is 34.2 Å². The maximum absolute atomic E-state index is 4.32. The van der Waals surface area contributed by atoms with Crippen molar-refractivity contribution in [3.8, 4) is 0 Å². The lowest BCUT2D eigenvalue weighted by Crippen LogP contribution is -2.43. The molecule has 0 saturated carbocycles. The van der Waals surface area contributed by atoms with E-state index in [0.29, 0.717) is 6.04 Å². The van der Waals surface area contributed by atoms with Gasteiger partial charge in [-0.1, -0.05) is 36.4 Å². The summed E-state index contributed by atoms with van der Waals surface area (Å²) in [5.41, 5.74) is 2.24. The molecule has 0 aliphatic carbocycles. The van der Waals surface area contributed by atoms with E-state index in [1.165, 1.54) is 5.56 Å². The van der Waals surface area contributed by atoms with Crippen LogP contribution in [0, 0.1) is 0 Å². The summed E-state index contributed by atoms with van der Waals surface area (Å²) in [5, 5.41) is 15.2. The zero-order valence-corrected chi connectivity index (χ0v) is 18.1. The van der Waals surface area contributed by atoms with Crippen LogP contribution in [0.15, 0.2) is 59.7 Å². The van der Waals surface area contributed by atoms with Crippen LogP contribution in [0.4, 0.5) is 0 Å². The molecule has 144 valence electrons. The Hall–Kier alpha value is -2.16. The van der Waals surface area contributed by atoms with Gasteiger partial charge in [0.2, 0.25) is 0 Å². The van der Waals surface area contributed by atoms with Gasteiger partial charge in [0.05, 0.1) is 0 Å². The molecule has 0 spiro atoms. The average Bonchev–Trinajstić information content (AvgIpc) is 3.09. The van der Waals surface area contributed by atoms with Crippen molar-refractivity contribution in [3.05, 3.63) is 66.1 Å². The fourth-order valence-electron chi connectivity index (χ4n) is 2.88. The number of rotatable bonds is 7. The van der Waals surface area contributed by atoms with Crippen molar-refractivity contribution in [1.82, 2.24) is 25.2 Å². The highest BCUT2D eigenvalue weighted by molar-refractivity contribution is 14.0. The molecule has 3 aromatic rings. The average molecular weight is 478 g/mol. The number of nitrogens with zero attached hydrogens (tertiary/aromatic N) is 4. The molecule has 27 heavy (non-hydrogen) atoms. The van der Waals surface area contributed by atoms with Gasteiger partial charge in [0.25, 0.3) is 0 Å². The third kappa shape index (κ3) is 6.20. The molecule has 1 atom stereocenters. The van der Waals surface area contributed by atoms with Gasteiger partial charge < -0.3 is 10.6 Å². The second-order valence-electron chi connectivity index (χ2n) is 6.36. The van der Waals surface area contributed by atoms with E-state index in [4.69, 9.17) is 0 Å². The Labute approximate surface area is 177 Å². The number of hydrogen-bond acceptors (Lipinski definition) is 3. The number of aryl methyl sites for hydroxylation is 1. The summed E-state index contributed by atoms with van der Waals surface area (Å²) < 4.78 is 2.01. The van der Waals surface area contributed by atoms with Crippen molar-refractivity contribution < 1.29 is 0 Å². The molecule has 0 amide bonds. The maximum Gasteiger partial charge on any atom is 0.191 e. The predicted octanol–water partition coefficient (Wildman–Crippen LogP) is 3.08. The number of guanidine groups is 1. The Bertz CT molecular complexity index is 846. The van der Waals surface area contributed by atoms with Gasteiger partial charge in [0.1, 0.15) is 5.82 Å². The van der Waals surface area contributed by atoms with E-state index in [-0.39, 0.29) is 24.0 Å². The summed E-state index contributed by atoms with van der Waals surface area (Å²) in [6.45, 7) is 2.93. The first-order valence-corrected chi connectivity index (χ1v) is 9.06. The van der Waals surface area contributed by atoms with Gasteiger partial charge in [-0.05, 0) is 37.5 Å². The molecule has 2 heterocycles. The van der Waals surface area contributed by atoms with Crippen molar-refractivity contribution in [2.75, 3.05) is 13.6 Å². The molecule has 0 saturated heterocycles. The Kier molecular flexibility index (Phi) is 8.50. The number of pyridine rings is 1. The number of benzene rings is 1. The third-order valence-electron chi connectivity index (χ3n) is 4.34. The number of halogens is 1. The zero-order chi connectivity index (χ0) is 18.2. The largest absolute Gasteiger partial charge is 0.356 e. The quantitative estimate of drug-likeness (QED) is 0.311. The van der Waals surface area contributed by atoms with Crippen molar-refractivity contribution in [2.45, 2.75) is 32.2 Å². The lowest BCUT2D eigenvalue weighted by atomic mass is 10.1. The van der Waals surface area contributed by atoms with Gasteiger partial charge in [-0.25, -0.2) is 0 Å². The lowest BCUT2D eigenvalue weighted by Gasteiger charge is -2.17. The van der Waals surface area contributed by atoms with Crippen LogP contribution in [0.1, 0.15) is 24.7 Å². The normalized spacial score (nSPS) is 12.4. The monoisotopic (exact) mass is 478 g/mol. The molecule has 0 aliphatic heterocycles. The molecule has 0 aliphatic rings. The molecule has 0 fully saturated rings. The minimum atomic E-state index is 0. The van der Waals surface area contributed by atoms with E-state index in [2.05, 4.69) is 63.1 Å². The summed E-state index contributed by atoms with van der Waals surface area (Å²) in [6, 6.07) is 16.8. The zero-order valence-electron chi connectivity index (χ0n) is 15.8. The number of nitrogens with one attached hydrogen (secondary N) is 2. The Morgan fingerprint density at radius 2 is 1.85 bits per heavy atom. The second-order valence-corrected chi connectivity index (χ2v) is 6.36. The molecule has 0 bridgehead atoms. The molecular formula is C20H27IN6. The smallest absolute Gasteiger partial charge is 0.191 e. The predicted molar refractivity (Wildman–Crippen MR) is 121 cm³/mol. The van der Waals surface area contributed by atoms with Gasteiger partial charge in [-0.3, -0.25) is 9.39 Å². The van der Waals surface area contributed by atoms with Crippen LogP contribution in [0.5, 0.6) is 0 Å². The molecule has 2 N–H and O–H groups in total. The Balaban J connectivity index is 0.00000261. The van der Waals surface area contributed by atoms with Crippen LogP contribution >= 0.6 is 24.0 Å². The van der Waals surface area contributed by atoms with Crippen LogP contribution in [0.25, 0.3) is 5.65 Å². The molecule has 3 rings (SSSR count). The van der Waals surface area contributed by atoms with Crippen LogP contribution in [-0.4, -0.2) is 40.2 Å². The van der Waals surface area contributed by atoms with Crippen molar-refractivity contribution in [1.29, 1.82) is 0 Å². The first-order valence-electron chi connectivity index (χ1n) is 9.06. The van der Waals surface area contributed by atoms with Crippen LogP contribution in [0.3, 0.4) is 0 Å². The van der Waals surface area contributed by atoms with Gasteiger partial charge in [0.15, 0.2) is 11.6 Å².